The number of benzene rings is 1. The topological polar surface area (TPSA) is 54.0 Å². The number of hydrogen-bond acceptors (Lipinski definition) is 2. The van der Waals surface area contributed by atoms with Gasteiger partial charge < -0.3 is 10.6 Å². The van der Waals surface area contributed by atoms with Crippen molar-refractivity contribution in [2.45, 2.75) is 6.92 Å². The maximum absolute atomic E-state index is 11.8. The Morgan fingerprint density at radius 3 is 2.79 bits per heavy atom. The van der Waals surface area contributed by atoms with E-state index >= 15 is 0 Å². The molecule has 0 unspecified atom stereocenters. The van der Waals surface area contributed by atoms with E-state index in [1.54, 1.807) is 30.6 Å². The number of rotatable bonds is 2. The molecule has 2 N–H and O–H groups in total. The first-order chi connectivity index (χ1) is 9.06. The number of nitrogens with zero attached hydrogens (tertiary/aromatic N) is 1. The number of pyridine rings is 1. The van der Waals surface area contributed by atoms with Crippen LogP contribution in [0.25, 0.3) is 0 Å². The van der Waals surface area contributed by atoms with Gasteiger partial charge in [0.1, 0.15) is 0 Å². The highest BCUT2D eigenvalue weighted by Gasteiger charge is 2.06. The summed E-state index contributed by atoms with van der Waals surface area (Å²) in [6.07, 6.45) is 3.21. The van der Waals surface area contributed by atoms with Crippen molar-refractivity contribution in [3.8, 4) is 0 Å². The molecule has 98 valence electrons. The van der Waals surface area contributed by atoms with Gasteiger partial charge in [0.05, 0.1) is 10.2 Å². The van der Waals surface area contributed by atoms with E-state index in [2.05, 4.69) is 31.5 Å². The largest absolute Gasteiger partial charge is 0.323 e. The average molecular weight is 341 g/mol. The van der Waals surface area contributed by atoms with Crippen molar-refractivity contribution in [1.82, 2.24) is 4.98 Å². The van der Waals surface area contributed by atoms with Crippen LogP contribution in [-0.2, 0) is 0 Å². The van der Waals surface area contributed by atoms with Crippen LogP contribution in [0.5, 0.6) is 0 Å². The molecule has 0 bridgehead atoms. The molecule has 2 rings (SSSR count). The molecule has 0 atom stereocenters. The number of carbonyl (C=O) groups excluding carboxylic acids is 1. The fraction of sp³-hybridized carbons (Fsp3) is 0.0769. The molecule has 1 heterocycles. The third-order valence-corrected chi connectivity index (χ3v) is 3.49. The molecule has 0 spiro atoms. The van der Waals surface area contributed by atoms with Crippen LogP contribution in [0.2, 0.25) is 5.02 Å². The molecule has 2 aromatic rings. The van der Waals surface area contributed by atoms with Crippen molar-refractivity contribution >= 4 is 44.9 Å². The SMILES string of the molecule is Cc1ccc(NC(=O)Nc2ccncc2Br)cc1Cl. The highest BCUT2D eigenvalue weighted by molar-refractivity contribution is 9.10. The number of nitrogens with one attached hydrogen (secondary N) is 2. The summed E-state index contributed by atoms with van der Waals surface area (Å²) in [4.78, 5) is 15.7. The fourth-order valence-corrected chi connectivity index (χ4v) is 1.96. The van der Waals surface area contributed by atoms with E-state index < -0.39 is 0 Å². The van der Waals surface area contributed by atoms with Gasteiger partial charge in [-0.15, -0.1) is 0 Å². The Morgan fingerprint density at radius 1 is 1.32 bits per heavy atom. The van der Waals surface area contributed by atoms with Crippen LogP contribution < -0.4 is 10.6 Å². The number of aromatic nitrogens is 1. The number of amides is 2. The Kier molecular flexibility index (Phi) is 4.39. The molecule has 0 radical (unpaired) electrons. The standard InChI is InChI=1S/C13H11BrClN3O/c1-8-2-3-9(6-11(8)15)17-13(19)18-12-4-5-16-7-10(12)14/h2-7H,1H3,(H2,16,17,18,19). The zero-order valence-electron chi connectivity index (χ0n) is 10.1. The molecule has 6 heteroatoms. The van der Waals surface area contributed by atoms with E-state index in [-0.39, 0.29) is 6.03 Å². The van der Waals surface area contributed by atoms with E-state index in [1.165, 1.54) is 0 Å². The number of halogens is 2. The van der Waals surface area contributed by atoms with E-state index in [0.29, 0.717) is 20.9 Å². The van der Waals surface area contributed by atoms with Gasteiger partial charge in [-0.05, 0) is 46.6 Å². The Balaban J connectivity index is 2.05. The van der Waals surface area contributed by atoms with Gasteiger partial charge in [-0.25, -0.2) is 4.79 Å². The van der Waals surface area contributed by atoms with Crippen molar-refractivity contribution in [3.05, 3.63) is 51.7 Å². The average Bonchev–Trinajstić information content (AvgIpc) is 2.37. The van der Waals surface area contributed by atoms with Gasteiger partial charge in [0, 0.05) is 23.1 Å². The molecule has 0 aliphatic rings. The molecule has 0 aliphatic carbocycles. The lowest BCUT2D eigenvalue weighted by atomic mass is 10.2. The molecular formula is C13H11BrClN3O. The van der Waals surface area contributed by atoms with E-state index in [0.717, 1.165) is 5.56 Å². The van der Waals surface area contributed by atoms with Crippen molar-refractivity contribution in [3.63, 3.8) is 0 Å². The number of anilines is 2. The molecule has 1 aromatic heterocycles. The van der Waals surface area contributed by atoms with Crippen molar-refractivity contribution in [2.75, 3.05) is 10.6 Å². The predicted octanol–water partition coefficient (Wildman–Crippen LogP) is 4.45. The second-order valence-electron chi connectivity index (χ2n) is 3.90. The number of hydrogen-bond donors (Lipinski definition) is 2. The van der Waals surface area contributed by atoms with Crippen LogP contribution in [-0.4, -0.2) is 11.0 Å². The van der Waals surface area contributed by atoms with E-state index in [4.69, 9.17) is 11.6 Å². The van der Waals surface area contributed by atoms with Crippen molar-refractivity contribution in [2.24, 2.45) is 0 Å². The monoisotopic (exact) mass is 339 g/mol. The number of urea groups is 1. The maximum atomic E-state index is 11.8. The van der Waals surface area contributed by atoms with Crippen LogP contribution in [0.15, 0.2) is 41.1 Å². The van der Waals surface area contributed by atoms with Gasteiger partial charge in [0.25, 0.3) is 0 Å². The minimum Gasteiger partial charge on any atom is -0.308 e. The second-order valence-corrected chi connectivity index (χ2v) is 5.16. The van der Waals surface area contributed by atoms with Gasteiger partial charge in [-0.2, -0.15) is 0 Å². The first-order valence-electron chi connectivity index (χ1n) is 5.50. The van der Waals surface area contributed by atoms with Crippen LogP contribution in [0, 0.1) is 6.92 Å². The van der Waals surface area contributed by atoms with E-state index in [9.17, 15) is 4.79 Å². The predicted molar refractivity (Wildman–Crippen MR) is 80.8 cm³/mol. The summed E-state index contributed by atoms with van der Waals surface area (Å²) >= 11 is 9.30. The maximum Gasteiger partial charge on any atom is 0.323 e. The molecular weight excluding hydrogens is 330 g/mol. The lowest BCUT2D eigenvalue weighted by Crippen LogP contribution is -2.19. The quantitative estimate of drug-likeness (QED) is 0.848. The summed E-state index contributed by atoms with van der Waals surface area (Å²) in [6, 6.07) is 6.71. The van der Waals surface area contributed by atoms with Gasteiger partial charge in [0.15, 0.2) is 0 Å². The molecule has 19 heavy (non-hydrogen) atoms. The number of carbonyl (C=O) groups is 1. The first-order valence-corrected chi connectivity index (χ1v) is 6.67. The summed E-state index contributed by atoms with van der Waals surface area (Å²) in [5, 5.41) is 6.04. The first kappa shape index (κ1) is 13.8. The minimum atomic E-state index is -0.341. The third-order valence-electron chi connectivity index (χ3n) is 2.45. The highest BCUT2D eigenvalue weighted by Crippen LogP contribution is 2.22. The van der Waals surface area contributed by atoms with E-state index in [1.807, 2.05) is 13.0 Å². The lowest BCUT2D eigenvalue weighted by molar-refractivity contribution is 0.262. The molecule has 0 aliphatic heterocycles. The zero-order chi connectivity index (χ0) is 13.8. The Hall–Kier alpha value is -1.59. The molecule has 0 saturated carbocycles. The third kappa shape index (κ3) is 3.68. The van der Waals surface area contributed by atoms with Crippen LogP contribution in [0.1, 0.15) is 5.56 Å². The molecule has 1 aromatic carbocycles. The Labute approximate surface area is 124 Å². The zero-order valence-corrected chi connectivity index (χ0v) is 12.4. The molecule has 2 amide bonds. The van der Waals surface area contributed by atoms with Crippen molar-refractivity contribution < 1.29 is 4.79 Å². The van der Waals surface area contributed by atoms with Crippen LogP contribution in [0.4, 0.5) is 16.2 Å². The fourth-order valence-electron chi connectivity index (χ4n) is 1.43. The molecule has 0 fully saturated rings. The van der Waals surface area contributed by atoms with Gasteiger partial charge >= 0.3 is 6.03 Å². The normalized spacial score (nSPS) is 10.1. The van der Waals surface area contributed by atoms with Gasteiger partial charge in [-0.3, -0.25) is 4.98 Å². The lowest BCUT2D eigenvalue weighted by Gasteiger charge is -2.09. The van der Waals surface area contributed by atoms with Crippen molar-refractivity contribution in [1.29, 1.82) is 0 Å². The number of aryl methyl sites for hydroxylation is 1. The van der Waals surface area contributed by atoms with Crippen LogP contribution in [0.3, 0.4) is 0 Å². The summed E-state index contributed by atoms with van der Waals surface area (Å²) in [6.45, 7) is 1.90. The van der Waals surface area contributed by atoms with Gasteiger partial charge in [0.2, 0.25) is 0 Å². The minimum absolute atomic E-state index is 0.341. The summed E-state index contributed by atoms with van der Waals surface area (Å²) in [7, 11) is 0. The summed E-state index contributed by atoms with van der Waals surface area (Å²) < 4.78 is 0.715. The smallest absolute Gasteiger partial charge is 0.308 e. The second kappa shape index (κ2) is 6.04. The molecule has 4 nitrogen and oxygen atoms in total. The molecule has 0 saturated heterocycles. The summed E-state index contributed by atoms with van der Waals surface area (Å²) in [5.74, 6) is 0. The Bertz CT molecular complexity index is 619. The Morgan fingerprint density at radius 2 is 2.11 bits per heavy atom. The van der Waals surface area contributed by atoms with Crippen LogP contribution >= 0.6 is 27.5 Å². The highest BCUT2D eigenvalue weighted by atomic mass is 79.9. The van der Waals surface area contributed by atoms with Gasteiger partial charge in [-0.1, -0.05) is 17.7 Å². The summed E-state index contributed by atoms with van der Waals surface area (Å²) in [5.41, 5.74) is 2.24.